The number of benzene rings is 1. The summed E-state index contributed by atoms with van der Waals surface area (Å²) in [6.07, 6.45) is 0.396. The molecule has 0 aliphatic carbocycles. The second-order valence-corrected chi connectivity index (χ2v) is 3.84. The Morgan fingerprint density at radius 3 is 3.00 bits per heavy atom. The van der Waals surface area contributed by atoms with E-state index < -0.39 is 22.5 Å². The van der Waals surface area contributed by atoms with Crippen LogP contribution in [-0.2, 0) is 0 Å². The Morgan fingerprint density at radius 1 is 1.69 bits per heavy atom. The molecule has 0 spiro atoms. The molecule has 1 aromatic carbocycles. The van der Waals surface area contributed by atoms with Gasteiger partial charge >= 0.3 is 5.69 Å². The summed E-state index contributed by atoms with van der Waals surface area (Å²) in [7, 11) is 0. The molecule has 0 aromatic heterocycles. The van der Waals surface area contributed by atoms with Crippen LogP contribution < -0.4 is 10.5 Å². The minimum Gasteiger partial charge on any atom is -0.491 e. The Bertz CT molecular complexity index is 467. The minimum atomic E-state index is -0.991. The molecular weight excluding hydrogens is 239 g/mol. The molecule has 1 heterocycles. The Morgan fingerprint density at radius 2 is 2.38 bits per heavy atom. The van der Waals surface area contributed by atoms with Crippen molar-refractivity contribution in [3.05, 3.63) is 32.6 Å². The summed E-state index contributed by atoms with van der Waals surface area (Å²) in [6, 6.07) is 0.244. The number of nitro groups is 1. The number of nitrogens with two attached hydrogens (primary N) is 1. The number of nitrogens with zero attached hydrogens (tertiary/aromatic N) is 1. The van der Waals surface area contributed by atoms with Crippen LogP contribution in [0.3, 0.4) is 0 Å². The van der Waals surface area contributed by atoms with E-state index in [-0.39, 0.29) is 16.3 Å². The lowest BCUT2D eigenvalue weighted by Gasteiger charge is -2.23. The van der Waals surface area contributed by atoms with E-state index in [1.807, 2.05) is 0 Å². The highest BCUT2D eigenvalue weighted by atomic mass is 35.5. The first-order valence-corrected chi connectivity index (χ1v) is 4.95. The van der Waals surface area contributed by atoms with Gasteiger partial charge in [0.1, 0.15) is 5.75 Å². The van der Waals surface area contributed by atoms with E-state index in [9.17, 15) is 14.5 Å². The molecule has 0 saturated heterocycles. The number of fused-ring (bicyclic) bond motifs is 1. The Kier molecular flexibility index (Phi) is 2.69. The molecule has 1 aliphatic rings. The van der Waals surface area contributed by atoms with Gasteiger partial charge in [0.15, 0.2) is 0 Å². The zero-order valence-corrected chi connectivity index (χ0v) is 8.83. The van der Waals surface area contributed by atoms with E-state index in [4.69, 9.17) is 22.1 Å². The first-order chi connectivity index (χ1) is 7.52. The van der Waals surface area contributed by atoms with Gasteiger partial charge in [-0.05, 0) is 0 Å². The van der Waals surface area contributed by atoms with Crippen LogP contribution in [0, 0.1) is 15.9 Å². The van der Waals surface area contributed by atoms with Crippen molar-refractivity contribution in [3.8, 4) is 5.75 Å². The topological polar surface area (TPSA) is 78.4 Å². The van der Waals surface area contributed by atoms with Gasteiger partial charge in [0, 0.05) is 18.5 Å². The van der Waals surface area contributed by atoms with Crippen molar-refractivity contribution in [2.75, 3.05) is 6.61 Å². The van der Waals surface area contributed by atoms with Gasteiger partial charge in [0.05, 0.1) is 22.1 Å². The van der Waals surface area contributed by atoms with Crippen molar-refractivity contribution in [3.63, 3.8) is 0 Å². The molecule has 0 radical (unpaired) electrons. The summed E-state index contributed by atoms with van der Waals surface area (Å²) in [5, 5.41) is 10.8. The van der Waals surface area contributed by atoms with Crippen molar-refractivity contribution in [2.45, 2.75) is 12.5 Å². The van der Waals surface area contributed by atoms with E-state index in [1.54, 1.807) is 0 Å². The minimum absolute atomic E-state index is 0.00764. The average Bonchev–Trinajstić information content (AvgIpc) is 2.19. The number of nitro benzene ring substituents is 1. The summed E-state index contributed by atoms with van der Waals surface area (Å²) in [5.41, 5.74) is 5.11. The molecule has 1 aliphatic heterocycles. The monoisotopic (exact) mass is 246 g/mol. The molecule has 7 heteroatoms. The molecule has 1 atom stereocenters. The molecule has 1 aromatic rings. The van der Waals surface area contributed by atoms with Crippen molar-refractivity contribution in [1.29, 1.82) is 0 Å². The number of hydrogen-bond donors (Lipinski definition) is 1. The molecule has 0 amide bonds. The number of rotatable bonds is 1. The van der Waals surface area contributed by atoms with Gasteiger partial charge < -0.3 is 10.5 Å². The Hall–Kier alpha value is -1.40. The van der Waals surface area contributed by atoms with Crippen molar-refractivity contribution in [2.24, 2.45) is 5.73 Å². The molecule has 5 nitrogen and oxygen atoms in total. The lowest BCUT2D eigenvalue weighted by Crippen LogP contribution is -2.22. The van der Waals surface area contributed by atoms with Crippen LogP contribution in [0.15, 0.2) is 6.07 Å². The smallest absolute Gasteiger partial charge is 0.313 e. The van der Waals surface area contributed by atoms with Gasteiger partial charge in [-0.15, -0.1) is 0 Å². The first kappa shape index (κ1) is 11.1. The maximum absolute atomic E-state index is 13.4. The molecule has 0 fully saturated rings. The predicted octanol–water partition coefficient (Wildman–Crippen LogP) is 2.17. The van der Waals surface area contributed by atoms with Crippen LogP contribution in [0.2, 0.25) is 5.02 Å². The molecular formula is C9H8ClFN2O3. The second kappa shape index (κ2) is 3.88. The summed E-state index contributed by atoms with van der Waals surface area (Å²) in [6.45, 7) is 0.316. The normalized spacial score (nSPS) is 18.8. The van der Waals surface area contributed by atoms with Crippen LogP contribution in [0.5, 0.6) is 5.75 Å². The van der Waals surface area contributed by atoms with Crippen LogP contribution in [0.4, 0.5) is 10.1 Å². The van der Waals surface area contributed by atoms with Crippen molar-refractivity contribution in [1.82, 2.24) is 0 Å². The zero-order valence-electron chi connectivity index (χ0n) is 8.07. The summed E-state index contributed by atoms with van der Waals surface area (Å²) in [4.78, 5) is 9.96. The van der Waals surface area contributed by atoms with E-state index >= 15 is 0 Å². The lowest BCUT2D eigenvalue weighted by atomic mass is 9.99. The van der Waals surface area contributed by atoms with Gasteiger partial charge in [0.2, 0.25) is 5.82 Å². The highest BCUT2D eigenvalue weighted by Crippen LogP contribution is 2.43. The third kappa shape index (κ3) is 1.60. The van der Waals surface area contributed by atoms with Gasteiger partial charge in [-0.1, -0.05) is 11.6 Å². The van der Waals surface area contributed by atoms with Crippen molar-refractivity contribution >= 4 is 17.3 Å². The Balaban J connectivity index is 2.74. The van der Waals surface area contributed by atoms with E-state index in [2.05, 4.69) is 0 Å². The summed E-state index contributed by atoms with van der Waals surface area (Å²) >= 11 is 5.75. The second-order valence-electron chi connectivity index (χ2n) is 3.43. The fourth-order valence-corrected chi connectivity index (χ4v) is 1.97. The zero-order chi connectivity index (χ0) is 11.9. The average molecular weight is 247 g/mol. The number of hydrogen-bond acceptors (Lipinski definition) is 4. The van der Waals surface area contributed by atoms with E-state index in [1.165, 1.54) is 0 Å². The van der Waals surface area contributed by atoms with Crippen LogP contribution in [-0.4, -0.2) is 11.5 Å². The maximum Gasteiger partial charge on any atom is 0.313 e. The van der Waals surface area contributed by atoms with Crippen LogP contribution >= 0.6 is 11.6 Å². The maximum atomic E-state index is 13.4. The fourth-order valence-electron chi connectivity index (χ4n) is 1.72. The Labute approximate surface area is 95.1 Å². The van der Waals surface area contributed by atoms with Gasteiger partial charge in [-0.2, -0.15) is 4.39 Å². The third-order valence-corrected chi connectivity index (χ3v) is 2.71. The van der Waals surface area contributed by atoms with Crippen molar-refractivity contribution < 1.29 is 14.1 Å². The van der Waals surface area contributed by atoms with E-state index in [0.717, 1.165) is 6.07 Å². The molecule has 0 saturated carbocycles. The van der Waals surface area contributed by atoms with Crippen LogP contribution in [0.1, 0.15) is 18.0 Å². The lowest BCUT2D eigenvalue weighted by molar-refractivity contribution is -0.388. The van der Waals surface area contributed by atoms with Crippen LogP contribution in [0.25, 0.3) is 0 Å². The molecule has 0 unspecified atom stereocenters. The van der Waals surface area contributed by atoms with Gasteiger partial charge in [-0.25, -0.2) is 0 Å². The predicted molar refractivity (Wildman–Crippen MR) is 55.1 cm³/mol. The SMILES string of the molecule is N[C@@H]1CCOc2c(Cl)cc(F)c([N+](=O)[O-])c21. The highest BCUT2D eigenvalue weighted by molar-refractivity contribution is 6.32. The van der Waals surface area contributed by atoms with Gasteiger partial charge in [-0.3, -0.25) is 10.1 Å². The first-order valence-electron chi connectivity index (χ1n) is 4.57. The number of ether oxygens (including phenoxy) is 1. The molecule has 2 N–H and O–H groups in total. The summed E-state index contributed by atoms with van der Waals surface area (Å²) < 4.78 is 18.6. The molecule has 16 heavy (non-hydrogen) atoms. The quantitative estimate of drug-likeness (QED) is 0.608. The number of halogens is 2. The highest BCUT2D eigenvalue weighted by Gasteiger charge is 2.33. The molecule has 86 valence electrons. The third-order valence-electron chi connectivity index (χ3n) is 2.42. The summed E-state index contributed by atoms with van der Waals surface area (Å²) in [5.74, 6) is -0.872. The van der Waals surface area contributed by atoms with Gasteiger partial charge in [0.25, 0.3) is 0 Å². The molecule has 2 rings (SSSR count). The standard InChI is InChI=1S/C9H8ClFN2O3/c10-4-3-5(11)8(13(14)15)7-6(12)1-2-16-9(4)7/h3,6H,1-2,12H2/t6-/m1/s1. The largest absolute Gasteiger partial charge is 0.491 e. The molecule has 0 bridgehead atoms. The fraction of sp³-hybridized carbons (Fsp3) is 0.333. The van der Waals surface area contributed by atoms with E-state index in [0.29, 0.717) is 13.0 Å².